The standard InChI is InChI=1S/C37H25N3/c1-4-10-28(11-5-1)32-24-34-35(25-33(32)29-12-6-2-7-13-29)40-37(36(39-34)30-14-8-3-9-15-30)31-18-16-26(17-19-31)27-20-22-38-23-21-27/h1-25H. The Balaban J connectivity index is 1.45. The van der Waals surface area contributed by atoms with E-state index in [1.54, 1.807) is 0 Å². The summed E-state index contributed by atoms with van der Waals surface area (Å²) < 4.78 is 0. The van der Waals surface area contributed by atoms with E-state index >= 15 is 0 Å². The van der Waals surface area contributed by atoms with E-state index in [-0.39, 0.29) is 0 Å². The zero-order chi connectivity index (χ0) is 26.7. The molecule has 2 aromatic heterocycles. The first-order chi connectivity index (χ1) is 19.8. The maximum absolute atomic E-state index is 5.27. The van der Waals surface area contributed by atoms with Gasteiger partial charge in [0, 0.05) is 23.5 Å². The first-order valence-corrected chi connectivity index (χ1v) is 13.4. The Kier molecular flexibility index (Phi) is 6.15. The van der Waals surface area contributed by atoms with Crippen molar-refractivity contribution in [2.45, 2.75) is 0 Å². The highest BCUT2D eigenvalue weighted by Crippen LogP contribution is 2.38. The monoisotopic (exact) mass is 511 g/mol. The molecule has 7 aromatic rings. The quantitative estimate of drug-likeness (QED) is 0.231. The summed E-state index contributed by atoms with van der Waals surface area (Å²) in [5.74, 6) is 0. The summed E-state index contributed by atoms with van der Waals surface area (Å²) in [5.41, 5.74) is 12.4. The highest BCUT2D eigenvalue weighted by Gasteiger charge is 2.17. The average molecular weight is 512 g/mol. The van der Waals surface area contributed by atoms with Crippen LogP contribution in [-0.2, 0) is 0 Å². The first kappa shape index (κ1) is 23.7. The third-order valence-corrected chi connectivity index (χ3v) is 7.19. The summed E-state index contributed by atoms with van der Waals surface area (Å²) in [4.78, 5) is 14.7. The van der Waals surface area contributed by atoms with Gasteiger partial charge in [0.2, 0.25) is 0 Å². The van der Waals surface area contributed by atoms with Crippen LogP contribution in [0, 0.1) is 0 Å². The molecular formula is C37H25N3. The van der Waals surface area contributed by atoms with E-state index < -0.39 is 0 Å². The highest BCUT2D eigenvalue weighted by molar-refractivity contribution is 5.95. The van der Waals surface area contributed by atoms with E-state index in [2.05, 4.69) is 102 Å². The molecule has 0 spiro atoms. The molecule has 0 unspecified atom stereocenters. The Bertz CT molecular complexity index is 1900. The normalized spacial score (nSPS) is 11.0. The molecule has 0 saturated carbocycles. The molecule has 0 aliphatic rings. The number of aromatic nitrogens is 3. The fourth-order valence-electron chi connectivity index (χ4n) is 5.18. The smallest absolute Gasteiger partial charge is 0.0973 e. The van der Waals surface area contributed by atoms with Crippen molar-refractivity contribution in [1.82, 2.24) is 15.0 Å². The molecule has 0 radical (unpaired) electrons. The minimum atomic E-state index is 0.867. The van der Waals surface area contributed by atoms with E-state index in [0.717, 1.165) is 66.9 Å². The van der Waals surface area contributed by atoms with E-state index in [0.29, 0.717) is 0 Å². The van der Waals surface area contributed by atoms with Crippen molar-refractivity contribution >= 4 is 11.0 Å². The van der Waals surface area contributed by atoms with Crippen LogP contribution in [0.25, 0.3) is 66.9 Å². The van der Waals surface area contributed by atoms with Crippen molar-refractivity contribution in [1.29, 1.82) is 0 Å². The predicted octanol–water partition coefficient (Wildman–Crippen LogP) is 9.36. The number of pyridine rings is 1. The van der Waals surface area contributed by atoms with Gasteiger partial charge in [0.1, 0.15) is 0 Å². The molecule has 188 valence electrons. The molecule has 0 N–H and O–H groups in total. The molecule has 40 heavy (non-hydrogen) atoms. The fraction of sp³-hybridized carbons (Fsp3) is 0. The lowest BCUT2D eigenvalue weighted by Crippen LogP contribution is -1.97. The molecule has 5 aromatic carbocycles. The molecule has 0 aliphatic carbocycles. The second-order valence-electron chi connectivity index (χ2n) is 9.72. The third-order valence-electron chi connectivity index (χ3n) is 7.19. The Morgan fingerprint density at radius 3 is 1.18 bits per heavy atom. The highest BCUT2D eigenvalue weighted by atomic mass is 14.8. The van der Waals surface area contributed by atoms with Gasteiger partial charge in [-0.2, -0.15) is 0 Å². The van der Waals surface area contributed by atoms with Crippen LogP contribution in [0.1, 0.15) is 0 Å². The van der Waals surface area contributed by atoms with Gasteiger partial charge in [0.25, 0.3) is 0 Å². The van der Waals surface area contributed by atoms with E-state index in [4.69, 9.17) is 9.97 Å². The Hall–Kier alpha value is -5.41. The summed E-state index contributed by atoms with van der Waals surface area (Å²) in [6.07, 6.45) is 3.64. The minimum Gasteiger partial charge on any atom is -0.265 e. The van der Waals surface area contributed by atoms with Gasteiger partial charge in [-0.05, 0) is 57.6 Å². The summed E-state index contributed by atoms with van der Waals surface area (Å²) in [5, 5.41) is 0. The van der Waals surface area contributed by atoms with Gasteiger partial charge in [-0.25, -0.2) is 9.97 Å². The second-order valence-corrected chi connectivity index (χ2v) is 9.72. The summed E-state index contributed by atoms with van der Waals surface area (Å²) >= 11 is 0. The number of nitrogens with zero attached hydrogens (tertiary/aromatic N) is 3. The zero-order valence-corrected chi connectivity index (χ0v) is 21.8. The zero-order valence-electron chi connectivity index (χ0n) is 21.8. The summed E-state index contributed by atoms with van der Waals surface area (Å²) in [6.45, 7) is 0. The number of rotatable bonds is 5. The predicted molar refractivity (Wildman–Crippen MR) is 165 cm³/mol. The molecular weight excluding hydrogens is 486 g/mol. The number of hydrogen-bond acceptors (Lipinski definition) is 3. The van der Waals surface area contributed by atoms with Gasteiger partial charge >= 0.3 is 0 Å². The SMILES string of the molecule is c1ccc(-c2cc3nc(-c4ccccc4)c(-c4ccc(-c5ccncc5)cc4)nc3cc2-c2ccccc2)cc1. The van der Waals surface area contributed by atoms with Crippen molar-refractivity contribution in [3.8, 4) is 55.9 Å². The molecule has 7 rings (SSSR count). The maximum Gasteiger partial charge on any atom is 0.0973 e. The molecule has 0 bridgehead atoms. The lowest BCUT2D eigenvalue weighted by Gasteiger charge is -2.15. The molecule has 0 fully saturated rings. The summed E-state index contributed by atoms with van der Waals surface area (Å²) in [7, 11) is 0. The van der Waals surface area contributed by atoms with Crippen LogP contribution in [0.2, 0.25) is 0 Å². The van der Waals surface area contributed by atoms with Crippen LogP contribution >= 0.6 is 0 Å². The van der Waals surface area contributed by atoms with E-state index in [1.165, 1.54) is 0 Å². The maximum atomic E-state index is 5.27. The van der Waals surface area contributed by atoms with Gasteiger partial charge in [0.15, 0.2) is 0 Å². The van der Waals surface area contributed by atoms with E-state index in [1.807, 2.05) is 54.9 Å². The Labute approximate surface area is 233 Å². The van der Waals surface area contributed by atoms with Gasteiger partial charge in [-0.3, -0.25) is 4.98 Å². The van der Waals surface area contributed by atoms with Crippen molar-refractivity contribution in [2.75, 3.05) is 0 Å². The van der Waals surface area contributed by atoms with Gasteiger partial charge in [-0.15, -0.1) is 0 Å². The fourth-order valence-corrected chi connectivity index (χ4v) is 5.18. The molecule has 0 amide bonds. The largest absolute Gasteiger partial charge is 0.265 e. The van der Waals surface area contributed by atoms with Crippen LogP contribution in [-0.4, -0.2) is 15.0 Å². The van der Waals surface area contributed by atoms with Crippen molar-refractivity contribution < 1.29 is 0 Å². The average Bonchev–Trinajstić information content (AvgIpc) is 3.05. The van der Waals surface area contributed by atoms with Crippen LogP contribution < -0.4 is 0 Å². The molecule has 2 heterocycles. The van der Waals surface area contributed by atoms with Gasteiger partial charge in [-0.1, -0.05) is 115 Å². The molecule has 3 heteroatoms. The third kappa shape index (κ3) is 4.55. The molecule has 3 nitrogen and oxygen atoms in total. The van der Waals surface area contributed by atoms with Crippen LogP contribution in [0.4, 0.5) is 0 Å². The molecule has 0 aliphatic heterocycles. The van der Waals surface area contributed by atoms with E-state index in [9.17, 15) is 0 Å². The van der Waals surface area contributed by atoms with Crippen LogP contribution in [0.15, 0.2) is 152 Å². The van der Waals surface area contributed by atoms with Gasteiger partial charge in [0.05, 0.1) is 22.4 Å². The number of benzene rings is 5. The lowest BCUT2D eigenvalue weighted by molar-refractivity contribution is 1.29. The van der Waals surface area contributed by atoms with Crippen LogP contribution in [0.3, 0.4) is 0 Å². The lowest BCUT2D eigenvalue weighted by atomic mass is 9.93. The minimum absolute atomic E-state index is 0.867. The van der Waals surface area contributed by atoms with Crippen LogP contribution in [0.5, 0.6) is 0 Å². The Morgan fingerprint density at radius 2 is 0.700 bits per heavy atom. The molecule has 0 atom stereocenters. The first-order valence-electron chi connectivity index (χ1n) is 13.4. The second kappa shape index (κ2) is 10.4. The van der Waals surface area contributed by atoms with Crippen molar-refractivity contribution in [3.63, 3.8) is 0 Å². The van der Waals surface area contributed by atoms with Gasteiger partial charge < -0.3 is 0 Å². The topological polar surface area (TPSA) is 38.7 Å². The van der Waals surface area contributed by atoms with Crippen molar-refractivity contribution in [3.05, 3.63) is 152 Å². The Morgan fingerprint density at radius 1 is 0.325 bits per heavy atom. The number of fused-ring (bicyclic) bond motifs is 1. The summed E-state index contributed by atoms with van der Waals surface area (Å²) in [6, 6.07) is 48.3. The number of hydrogen-bond donors (Lipinski definition) is 0. The van der Waals surface area contributed by atoms with Crippen molar-refractivity contribution in [2.24, 2.45) is 0 Å². The molecule has 0 saturated heterocycles.